The van der Waals surface area contributed by atoms with Crippen LogP contribution in [0.2, 0.25) is 0 Å². The van der Waals surface area contributed by atoms with Crippen LogP contribution in [0.3, 0.4) is 0 Å². The number of aryl methyl sites for hydroxylation is 1. The number of carbonyl (C=O) groups is 1. The molecule has 19 heavy (non-hydrogen) atoms. The van der Waals surface area contributed by atoms with Crippen LogP contribution in [-0.4, -0.2) is 29.4 Å². The van der Waals surface area contributed by atoms with Gasteiger partial charge in [0, 0.05) is 12.6 Å². The van der Waals surface area contributed by atoms with Crippen LogP contribution in [0, 0.1) is 0 Å². The minimum Gasteiger partial charge on any atom is -0.339 e. The fraction of sp³-hybridized carbons (Fsp3) is 0.562. The number of piperidine rings is 1. The second-order valence-electron chi connectivity index (χ2n) is 5.51. The zero-order valence-electron chi connectivity index (χ0n) is 11.7. The lowest BCUT2D eigenvalue weighted by atomic mass is 10.0. The van der Waals surface area contributed by atoms with Crippen LogP contribution >= 0.6 is 0 Å². The summed E-state index contributed by atoms with van der Waals surface area (Å²) in [4.78, 5) is 14.3. The van der Waals surface area contributed by atoms with Gasteiger partial charge in [0.2, 0.25) is 5.91 Å². The molecule has 1 heterocycles. The maximum absolute atomic E-state index is 12.3. The van der Waals surface area contributed by atoms with Crippen molar-refractivity contribution < 1.29 is 4.79 Å². The Bertz CT molecular complexity index is 404. The molecule has 1 fully saturated rings. The molecule has 1 aromatic rings. The van der Waals surface area contributed by atoms with Crippen LogP contribution < -0.4 is 5.73 Å². The van der Waals surface area contributed by atoms with Crippen molar-refractivity contribution in [3.05, 3.63) is 35.9 Å². The van der Waals surface area contributed by atoms with E-state index < -0.39 is 0 Å². The van der Waals surface area contributed by atoms with Crippen molar-refractivity contribution in [3.63, 3.8) is 0 Å². The van der Waals surface area contributed by atoms with Crippen molar-refractivity contribution in [2.75, 3.05) is 6.54 Å². The van der Waals surface area contributed by atoms with Crippen LogP contribution in [0.1, 0.15) is 38.2 Å². The Kier molecular flexibility index (Phi) is 4.97. The molecule has 1 unspecified atom stereocenters. The van der Waals surface area contributed by atoms with E-state index in [1.54, 1.807) is 0 Å². The van der Waals surface area contributed by atoms with Gasteiger partial charge in [-0.25, -0.2) is 0 Å². The Morgan fingerprint density at radius 3 is 2.79 bits per heavy atom. The molecule has 3 heteroatoms. The number of nitrogens with two attached hydrogens (primary N) is 1. The first-order valence-corrected chi connectivity index (χ1v) is 7.28. The molecule has 1 aliphatic rings. The Morgan fingerprint density at radius 1 is 1.37 bits per heavy atom. The highest BCUT2D eigenvalue weighted by Gasteiger charge is 2.26. The van der Waals surface area contributed by atoms with E-state index in [1.165, 1.54) is 12.0 Å². The van der Waals surface area contributed by atoms with E-state index >= 15 is 0 Å². The van der Waals surface area contributed by atoms with Gasteiger partial charge in [-0.3, -0.25) is 4.79 Å². The standard InChI is InChI=1S/C16H24N2O/c1-13-7-5-6-12-18(13)16(19)15(17)11-10-14-8-3-2-4-9-14/h2-4,8-9,13,15H,5-7,10-12,17H2,1H3/t13?,15-/m0/s1. The van der Waals surface area contributed by atoms with E-state index in [9.17, 15) is 4.79 Å². The van der Waals surface area contributed by atoms with Crippen molar-refractivity contribution in [2.24, 2.45) is 5.73 Å². The molecule has 0 spiro atoms. The molecule has 3 nitrogen and oxygen atoms in total. The Hall–Kier alpha value is -1.35. The lowest BCUT2D eigenvalue weighted by Gasteiger charge is -2.35. The van der Waals surface area contributed by atoms with Gasteiger partial charge in [-0.15, -0.1) is 0 Å². The smallest absolute Gasteiger partial charge is 0.239 e. The summed E-state index contributed by atoms with van der Waals surface area (Å²) in [5.41, 5.74) is 7.31. The highest BCUT2D eigenvalue weighted by atomic mass is 16.2. The van der Waals surface area contributed by atoms with Crippen LogP contribution in [0.4, 0.5) is 0 Å². The van der Waals surface area contributed by atoms with Gasteiger partial charge in [-0.05, 0) is 44.6 Å². The van der Waals surface area contributed by atoms with Gasteiger partial charge < -0.3 is 10.6 Å². The third-order valence-electron chi connectivity index (χ3n) is 3.99. The van der Waals surface area contributed by atoms with Gasteiger partial charge in [0.15, 0.2) is 0 Å². The summed E-state index contributed by atoms with van der Waals surface area (Å²) in [6, 6.07) is 10.2. The van der Waals surface area contributed by atoms with Gasteiger partial charge >= 0.3 is 0 Å². The zero-order chi connectivity index (χ0) is 13.7. The van der Waals surface area contributed by atoms with Crippen LogP contribution in [0.15, 0.2) is 30.3 Å². The average molecular weight is 260 g/mol. The SMILES string of the molecule is CC1CCCCN1C(=O)[C@@H](N)CCc1ccccc1. The van der Waals surface area contributed by atoms with Gasteiger partial charge in [-0.2, -0.15) is 0 Å². The summed E-state index contributed by atoms with van der Waals surface area (Å²) in [7, 11) is 0. The number of rotatable bonds is 4. The normalized spacial score (nSPS) is 21.2. The molecule has 104 valence electrons. The zero-order valence-corrected chi connectivity index (χ0v) is 11.7. The molecule has 0 radical (unpaired) electrons. The first kappa shape index (κ1) is 14.1. The molecule has 2 atom stereocenters. The molecular formula is C16H24N2O. The number of benzene rings is 1. The largest absolute Gasteiger partial charge is 0.339 e. The minimum absolute atomic E-state index is 0.128. The van der Waals surface area contributed by atoms with Gasteiger partial charge in [0.25, 0.3) is 0 Å². The third-order valence-corrected chi connectivity index (χ3v) is 3.99. The number of amides is 1. The first-order valence-electron chi connectivity index (χ1n) is 7.28. The van der Waals surface area contributed by atoms with Gasteiger partial charge in [0.1, 0.15) is 0 Å². The van der Waals surface area contributed by atoms with E-state index in [0.29, 0.717) is 6.04 Å². The van der Waals surface area contributed by atoms with E-state index in [4.69, 9.17) is 5.73 Å². The summed E-state index contributed by atoms with van der Waals surface area (Å²) < 4.78 is 0. The second kappa shape index (κ2) is 6.71. The molecule has 1 saturated heterocycles. The lowest BCUT2D eigenvalue weighted by Crippen LogP contribution is -2.49. The number of carbonyl (C=O) groups excluding carboxylic acids is 1. The summed E-state index contributed by atoms with van der Waals surface area (Å²) in [6.45, 7) is 3.00. The highest BCUT2D eigenvalue weighted by Crippen LogP contribution is 2.18. The fourth-order valence-electron chi connectivity index (χ4n) is 2.73. The topological polar surface area (TPSA) is 46.3 Å². The van der Waals surface area contributed by atoms with Crippen LogP contribution in [0.5, 0.6) is 0 Å². The molecule has 2 N–H and O–H groups in total. The molecule has 1 aliphatic heterocycles. The Labute approximate surface area is 115 Å². The van der Waals surface area contributed by atoms with Crippen LogP contribution in [0.25, 0.3) is 0 Å². The number of likely N-dealkylation sites (tertiary alicyclic amines) is 1. The molecule has 0 bridgehead atoms. The molecule has 2 rings (SSSR count). The summed E-state index contributed by atoms with van der Waals surface area (Å²) in [5, 5.41) is 0. The third kappa shape index (κ3) is 3.80. The highest BCUT2D eigenvalue weighted by molar-refractivity contribution is 5.82. The van der Waals surface area contributed by atoms with Crippen molar-refractivity contribution in [2.45, 2.75) is 51.1 Å². The average Bonchev–Trinajstić information content (AvgIpc) is 2.45. The van der Waals surface area contributed by atoms with E-state index in [2.05, 4.69) is 19.1 Å². The van der Waals surface area contributed by atoms with Crippen molar-refractivity contribution in [1.82, 2.24) is 4.90 Å². The second-order valence-corrected chi connectivity index (χ2v) is 5.51. The fourth-order valence-corrected chi connectivity index (χ4v) is 2.73. The monoisotopic (exact) mass is 260 g/mol. The molecule has 1 aromatic carbocycles. The van der Waals surface area contributed by atoms with E-state index in [1.807, 2.05) is 23.1 Å². The van der Waals surface area contributed by atoms with Crippen molar-refractivity contribution in [3.8, 4) is 0 Å². The van der Waals surface area contributed by atoms with Gasteiger partial charge in [0.05, 0.1) is 6.04 Å². The quantitative estimate of drug-likeness (QED) is 0.903. The minimum atomic E-state index is -0.360. The van der Waals surface area contributed by atoms with Gasteiger partial charge in [-0.1, -0.05) is 30.3 Å². The Morgan fingerprint density at radius 2 is 2.11 bits per heavy atom. The lowest BCUT2D eigenvalue weighted by molar-refractivity contribution is -0.136. The summed E-state index contributed by atoms with van der Waals surface area (Å²) in [5.74, 6) is 0.128. The summed E-state index contributed by atoms with van der Waals surface area (Å²) in [6.07, 6.45) is 5.05. The van der Waals surface area contributed by atoms with E-state index in [-0.39, 0.29) is 11.9 Å². The maximum atomic E-state index is 12.3. The first-order chi connectivity index (χ1) is 9.18. The number of nitrogens with zero attached hydrogens (tertiary/aromatic N) is 1. The maximum Gasteiger partial charge on any atom is 0.239 e. The van der Waals surface area contributed by atoms with Crippen molar-refractivity contribution in [1.29, 1.82) is 0 Å². The summed E-state index contributed by atoms with van der Waals surface area (Å²) >= 11 is 0. The van der Waals surface area contributed by atoms with Crippen molar-refractivity contribution >= 4 is 5.91 Å². The molecule has 0 aromatic heterocycles. The van der Waals surface area contributed by atoms with E-state index in [0.717, 1.165) is 32.2 Å². The number of hydrogen-bond acceptors (Lipinski definition) is 2. The number of hydrogen-bond donors (Lipinski definition) is 1. The molecule has 0 saturated carbocycles. The molecule has 1 amide bonds. The van der Waals surface area contributed by atoms with Crippen LogP contribution in [-0.2, 0) is 11.2 Å². The predicted octanol–water partition coefficient (Wildman–Crippen LogP) is 2.35. The Balaban J connectivity index is 1.85. The predicted molar refractivity (Wildman–Crippen MR) is 77.8 cm³/mol. The molecular weight excluding hydrogens is 236 g/mol. The molecule has 0 aliphatic carbocycles.